The van der Waals surface area contributed by atoms with E-state index in [1.165, 1.54) is 12.1 Å². The second-order valence-corrected chi connectivity index (χ2v) is 10.8. The first-order valence-electron chi connectivity index (χ1n) is 11.2. The third-order valence-electron chi connectivity index (χ3n) is 6.43. The average Bonchev–Trinajstić information content (AvgIpc) is 2.80. The molecule has 4 rings (SSSR count). The minimum Gasteiger partial charge on any atom is -0.368 e. The molecule has 0 saturated carbocycles. The summed E-state index contributed by atoms with van der Waals surface area (Å²) in [5.41, 5.74) is 1.74. The summed E-state index contributed by atoms with van der Waals surface area (Å²) in [6.45, 7) is 7.04. The Bertz CT molecular complexity index is 1060. The molecule has 0 radical (unpaired) electrons. The Morgan fingerprint density at radius 1 is 1.09 bits per heavy atom. The molecule has 0 unspecified atom stereocenters. The minimum atomic E-state index is -3.53. The molecule has 2 heterocycles. The molecule has 180 valence electrons. The van der Waals surface area contributed by atoms with Crippen LogP contribution in [0.5, 0.6) is 0 Å². The Kier molecular flexibility index (Phi) is 8.16. The van der Waals surface area contributed by atoms with Crippen molar-refractivity contribution in [3.8, 4) is 0 Å². The van der Waals surface area contributed by atoms with Crippen molar-refractivity contribution in [3.63, 3.8) is 0 Å². The first-order chi connectivity index (χ1) is 15.3. The number of piperidine rings is 1. The number of rotatable bonds is 5. The summed E-state index contributed by atoms with van der Waals surface area (Å²) >= 11 is 0. The molecule has 2 aromatic carbocycles. The quantitative estimate of drug-likeness (QED) is 0.665. The van der Waals surface area contributed by atoms with Gasteiger partial charge in [0.1, 0.15) is 11.7 Å². The molecule has 0 aliphatic carbocycles. The van der Waals surface area contributed by atoms with Gasteiger partial charge in [0.2, 0.25) is 10.0 Å². The van der Waals surface area contributed by atoms with Crippen molar-refractivity contribution >= 4 is 28.3 Å². The third kappa shape index (κ3) is 5.57. The standard InChI is InChI=1S/C24H31FN4O2S.ClH/c1-18(2)20-5-9-22(10-6-20)32(30,31)29-15-11-24(12-16-29)23(26-13-14-28-24)27-17-19-3-7-21(25)8-4-19;/h3-10,18,28H,11-17H2,1-2H3,(H,26,27);1H. The van der Waals surface area contributed by atoms with Crippen LogP contribution < -0.4 is 10.6 Å². The second-order valence-electron chi connectivity index (χ2n) is 8.85. The highest BCUT2D eigenvalue weighted by molar-refractivity contribution is 7.89. The summed E-state index contributed by atoms with van der Waals surface area (Å²) in [4.78, 5) is 5.06. The molecule has 0 amide bonds. The first kappa shape index (κ1) is 25.6. The van der Waals surface area contributed by atoms with Gasteiger partial charge < -0.3 is 10.6 Å². The van der Waals surface area contributed by atoms with Crippen LogP contribution in [0.1, 0.15) is 43.7 Å². The predicted octanol–water partition coefficient (Wildman–Crippen LogP) is 3.69. The Morgan fingerprint density at radius 3 is 2.33 bits per heavy atom. The van der Waals surface area contributed by atoms with Crippen LogP contribution in [0.3, 0.4) is 0 Å². The van der Waals surface area contributed by atoms with Crippen LogP contribution in [0.15, 0.2) is 58.4 Å². The highest BCUT2D eigenvalue weighted by atomic mass is 35.5. The number of aliphatic imine (C=N–C) groups is 1. The monoisotopic (exact) mass is 494 g/mol. The van der Waals surface area contributed by atoms with Crippen LogP contribution in [0.25, 0.3) is 0 Å². The molecule has 1 spiro atoms. The number of sulfonamides is 1. The van der Waals surface area contributed by atoms with Crippen molar-refractivity contribution in [2.24, 2.45) is 4.99 Å². The van der Waals surface area contributed by atoms with Crippen molar-refractivity contribution in [2.45, 2.75) is 49.6 Å². The molecule has 2 N–H and O–H groups in total. The molecule has 2 aliphatic rings. The first-order valence-corrected chi connectivity index (χ1v) is 12.6. The molecule has 1 saturated heterocycles. The Morgan fingerprint density at radius 2 is 1.73 bits per heavy atom. The molecule has 9 heteroatoms. The second kappa shape index (κ2) is 10.5. The van der Waals surface area contributed by atoms with Crippen LogP contribution in [0.4, 0.5) is 4.39 Å². The van der Waals surface area contributed by atoms with Crippen LogP contribution in [-0.4, -0.2) is 50.3 Å². The summed E-state index contributed by atoms with van der Waals surface area (Å²) in [6, 6.07) is 13.6. The maximum absolute atomic E-state index is 13.2. The van der Waals surface area contributed by atoms with E-state index in [9.17, 15) is 12.8 Å². The van der Waals surface area contributed by atoms with Crippen LogP contribution in [0.2, 0.25) is 0 Å². The third-order valence-corrected chi connectivity index (χ3v) is 8.34. The summed E-state index contributed by atoms with van der Waals surface area (Å²) in [5, 5.41) is 7.00. The summed E-state index contributed by atoms with van der Waals surface area (Å²) in [5.74, 6) is 0.972. The maximum Gasteiger partial charge on any atom is 0.243 e. The molecule has 1 fully saturated rings. The van der Waals surface area contributed by atoms with Gasteiger partial charge in [-0.2, -0.15) is 4.31 Å². The molecule has 2 aliphatic heterocycles. The lowest BCUT2D eigenvalue weighted by molar-refractivity contribution is 0.241. The fourth-order valence-electron chi connectivity index (χ4n) is 4.41. The van der Waals surface area contributed by atoms with E-state index < -0.39 is 10.0 Å². The number of nitrogens with one attached hydrogen (secondary N) is 2. The molecule has 33 heavy (non-hydrogen) atoms. The summed E-state index contributed by atoms with van der Waals surface area (Å²) < 4.78 is 41.1. The van der Waals surface area contributed by atoms with Crippen molar-refractivity contribution < 1.29 is 12.8 Å². The maximum atomic E-state index is 13.2. The van der Waals surface area contributed by atoms with E-state index in [-0.39, 0.29) is 23.8 Å². The van der Waals surface area contributed by atoms with Crippen molar-refractivity contribution in [1.82, 2.24) is 14.9 Å². The van der Waals surface area contributed by atoms with E-state index in [1.54, 1.807) is 28.6 Å². The van der Waals surface area contributed by atoms with Crippen molar-refractivity contribution in [2.75, 3.05) is 26.2 Å². The van der Waals surface area contributed by atoms with Gasteiger partial charge in [-0.25, -0.2) is 12.8 Å². The topological polar surface area (TPSA) is 73.8 Å². The highest BCUT2D eigenvalue weighted by Gasteiger charge is 2.43. The van der Waals surface area contributed by atoms with Gasteiger partial charge in [0.05, 0.1) is 17.0 Å². The van der Waals surface area contributed by atoms with E-state index in [4.69, 9.17) is 4.99 Å². The van der Waals surface area contributed by atoms with Crippen LogP contribution >= 0.6 is 12.4 Å². The number of halogens is 2. The van der Waals surface area contributed by atoms with E-state index in [0.717, 1.165) is 23.5 Å². The lowest BCUT2D eigenvalue weighted by atomic mass is 9.85. The summed E-state index contributed by atoms with van der Waals surface area (Å²) in [6.07, 6.45) is 1.29. The van der Waals surface area contributed by atoms with E-state index >= 15 is 0 Å². The van der Waals surface area contributed by atoms with E-state index in [1.807, 2.05) is 12.1 Å². The van der Waals surface area contributed by atoms with Crippen molar-refractivity contribution in [3.05, 3.63) is 65.5 Å². The van der Waals surface area contributed by atoms with Crippen molar-refractivity contribution in [1.29, 1.82) is 0 Å². The lowest BCUT2D eigenvalue weighted by Crippen LogP contribution is -2.64. The van der Waals surface area contributed by atoms with Gasteiger partial charge >= 0.3 is 0 Å². The van der Waals surface area contributed by atoms with Gasteiger partial charge in [0, 0.05) is 26.2 Å². The lowest BCUT2D eigenvalue weighted by Gasteiger charge is -2.44. The Labute approximate surface area is 202 Å². The number of hydrogen-bond donors (Lipinski definition) is 2. The summed E-state index contributed by atoms with van der Waals surface area (Å²) in [7, 11) is -3.53. The van der Waals surface area contributed by atoms with Crippen LogP contribution in [-0.2, 0) is 16.6 Å². The van der Waals surface area contributed by atoms with E-state index in [2.05, 4.69) is 24.5 Å². The Hall–Kier alpha value is -2.00. The number of benzene rings is 2. The molecule has 2 aromatic rings. The molecular formula is C24H32ClFN4O2S. The normalized spacial score (nSPS) is 18.6. The zero-order chi connectivity index (χ0) is 22.8. The SMILES string of the molecule is CC(C)c1ccc(S(=O)(=O)N2CCC3(CC2)NCCN=C3NCc2ccc(F)cc2)cc1.Cl. The van der Waals surface area contributed by atoms with Gasteiger partial charge in [-0.1, -0.05) is 38.1 Å². The molecular weight excluding hydrogens is 463 g/mol. The smallest absolute Gasteiger partial charge is 0.243 e. The zero-order valence-corrected chi connectivity index (χ0v) is 20.7. The van der Waals surface area contributed by atoms with Gasteiger partial charge in [0.15, 0.2) is 0 Å². The van der Waals surface area contributed by atoms with Gasteiger partial charge in [0.25, 0.3) is 0 Å². The Balaban J connectivity index is 0.00000306. The van der Waals surface area contributed by atoms with Crippen LogP contribution in [0, 0.1) is 5.82 Å². The molecule has 0 aromatic heterocycles. The average molecular weight is 495 g/mol. The zero-order valence-electron chi connectivity index (χ0n) is 19.1. The van der Waals surface area contributed by atoms with E-state index in [0.29, 0.717) is 49.8 Å². The fraction of sp³-hybridized carbons (Fsp3) is 0.458. The minimum absolute atomic E-state index is 0. The largest absolute Gasteiger partial charge is 0.368 e. The number of nitrogens with zero attached hydrogens (tertiary/aromatic N) is 2. The number of hydrogen-bond acceptors (Lipinski definition) is 5. The highest BCUT2D eigenvalue weighted by Crippen LogP contribution is 2.29. The molecule has 0 atom stereocenters. The van der Waals surface area contributed by atoms with Gasteiger partial charge in [-0.15, -0.1) is 12.4 Å². The predicted molar refractivity (Wildman–Crippen MR) is 132 cm³/mol. The number of amidine groups is 1. The molecule has 6 nitrogen and oxygen atoms in total. The molecule has 0 bridgehead atoms. The van der Waals surface area contributed by atoms with Gasteiger partial charge in [-0.3, -0.25) is 4.99 Å². The van der Waals surface area contributed by atoms with Gasteiger partial charge in [-0.05, 0) is 54.2 Å². The fourth-order valence-corrected chi connectivity index (χ4v) is 5.85.